The molecule has 672 valence electrons. The monoisotopic (exact) mass is 1790 g/mol. The maximum absolute atomic E-state index is 13.0. The van der Waals surface area contributed by atoms with Crippen LogP contribution in [-0.4, -0.2) is 112 Å². The molecule has 0 spiro atoms. The number of pyridine rings is 6. The third-order valence-corrected chi connectivity index (χ3v) is 20.6. The standard InChI is InChI=1S/C21H25N3O.C16H12F3N3O.2C16H15N3O2.C15H10F3N3O.C15H13N3O2/c1-2-3-4-5-6-7-8-17-9-11-19(12-10-17)21-23-20(24-25-21)18-13-15-22-16-14-18;1-9-3-4-11(7-13(9)16(17,18)19)15-21-14(22-23-15)12-5-6-20-8-10(12)2;1-10-6-13(9-17-8-10)15-18-16(21-19-15)12-5-4-11(2)14(7-12)20-3;1-10-4-5-12(8-14(10)20-3)16-18-15(19-21-16)13-6-7-17-9-11(13)2;1-9-4-5-10(7-12(9)15(16,17)18)14-20-13(21-22-14)11-3-2-6-19-8-11;1-10-5-6-11(8-13(10)19-2)15-17-14(18-20-15)12-4-3-7-16-9-12/h9-16H,2-8H2,1H3;3-8H,1-2H3;2*4-9H,1-3H3;2-8H,1H3;3-9H,1-2H3. The highest BCUT2D eigenvalue weighted by Crippen LogP contribution is 2.39. The van der Waals surface area contributed by atoms with E-state index in [2.05, 4.69) is 122 Å². The van der Waals surface area contributed by atoms with E-state index in [9.17, 15) is 26.3 Å². The highest BCUT2D eigenvalue weighted by atomic mass is 19.4. The van der Waals surface area contributed by atoms with Crippen molar-refractivity contribution in [1.82, 2.24) is 90.7 Å². The second-order valence-electron chi connectivity index (χ2n) is 30.2. The minimum Gasteiger partial charge on any atom is -0.496 e. The van der Waals surface area contributed by atoms with Gasteiger partial charge in [0.25, 0.3) is 35.3 Å². The molecule has 0 atom stereocenters. The number of aryl methyl sites for hydroxylation is 9. The van der Waals surface area contributed by atoms with E-state index in [0.717, 1.165) is 119 Å². The van der Waals surface area contributed by atoms with Gasteiger partial charge in [0, 0.05) is 141 Å². The van der Waals surface area contributed by atoms with Gasteiger partial charge in [-0.3, -0.25) is 29.9 Å². The number of methoxy groups -OCH3 is 3. The lowest BCUT2D eigenvalue weighted by Gasteiger charge is -2.10. The maximum Gasteiger partial charge on any atom is 0.416 e. The van der Waals surface area contributed by atoms with Gasteiger partial charge in [-0.15, -0.1) is 0 Å². The average molecular weight is 1790 g/mol. The first-order chi connectivity index (χ1) is 63.8. The predicted molar refractivity (Wildman–Crippen MR) is 482 cm³/mol. The molecule has 132 heavy (non-hydrogen) atoms. The number of unbranched alkanes of at least 4 members (excludes halogenated alkanes) is 5. The van der Waals surface area contributed by atoms with Crippen molar-refractivity contribution in [2.75, 3.05) is 21.3 Å². The second kappa shape index (κ2) is 44.2. The molecular weight excluding hydrogens is 1700 g/mol. The number of hydrogen-bond donors (Lipinski definition) is 0. The molecule has 0 saturated carbocycles. The minimum absolute atomic E-state index is 0.0318. The van der Waals surface area contributed by atoms with Crippen LogP contribution in [0.15, 0.2) is 271 Å². The van der Waals surface area contributed by atoms with Gasteiger partial charge in [0.15, 0.2) is 0 Å². The Balaban J connectivity index is 0.000000135. The summed E-state index contributed by atoms with van der Waals surface area (Å²) in [6, 6.07) is 50.1. The first-order valence-corrected chi connectivity index (χ1v) is 41.7. The van der Waals surface area contributed by atoms with Crippen LogP contribution in [0.4, 0.5) is 26.3 Å². The van der Waals surface area contributed by atoms with E-state index < -0.39 is 23.5 Å². The van der Waals surface area contributed by atoms with Crippen LogP contribution in [0.2, 0.25) is 0 Å². The van der Waals surface area contributed by atoms with Crippen LogP contribution in [0.1, 0.15) is 107 Å². The number of nitrogens with zero attached hydrogens (tertiary/aromatic N) is 18. The Morgan fingerprint density at radius 1 is 0.273 bits per heavy atom. The molecule has 0 aliphatic carbocycles. The lowest BCUT2D eigenvalue weighted by molar-refractivity contribution is -0.138. The third kappa shape index (κ3) is 24.7. The fourth-order valence-corrected chi connectivity index (χ4v) is 13.3. The summed E-state index contributed by atoms with van der Waals surface area (Å²) in [5.74, 6) is 7.20. The molecular formula is C99H90F6N18O9. The van der Waals surface area contributed by atoms with E-state index in [1.807, 2.05) is 133 Å². The zero-order valence-corrected chi connectivity index (χ0v) is 74.0. The lowest BCUT2D eigenvalue weighted by atomic mass is 10.0. The molecule has 0 saturated heterocycles. The van der Waals surface area contributed by atoms with Gasteiger partial charge in [-0.25, -0.2) is 0 Å². The summed E-state index contributed by atoms with van der Waals surface area (Å²) in [4.78, 5) is 50.2. The summed E-state index contributed by atoms with van der Waals surface area (Å²) < 4.78 is 125. The van der Waals surface area contributed by atoms with E-state index in [1.54, 1.807) is 114 Å². The van der Waals surface area contributed by atoms with E-state index >= 15 is 0 Å². The number of alkyl halides is 6. The van der Waals surface area contributed by atoms with Crippen molar-refractivity contribution >= 4 is 0 Å². The van der Waals surface area contributed by atoms with Crippen molar-refractivity contribution in [2.24, 2.45) is 0 Å². The SMILES string of the molecule is CCCCCCCCc1ccc(-c2nc(-c3ccncc3)no2)cc1.COc1cc(-c2nc(-c3cccnc3)no2)ccc1C.COc1cc(-c2nc(-c3ccncc3C)no2)ccc1C.COc1cc(-c2nc(-c3cncc(C)c3)no2)ccc1C.Cc1ccc(-c2nc(-c3cccnc3)no2)cc1C(F)(F)F.Cc1cnccc1-c1noc(-c2ccc(C)c(C(F)(F)F)c2)n1. The summed E-state index contributed by atoms with van der Waals surface area (Å²) in [7, 11) is 4.93. The van der Waals surface area contributed by atoms with Crippen LogP contribution in [0.5, 0.6) is 17.2 Å². The molecule has 18 aromatic rings. The van der Waals surface area contributed by atoms with Crippen LogP contribution >= 0.6 is 0 Å². The van der Waals surface area contributed by atoms with Gasteiger partial charge >= 0.3 is 12.4 Å². The normalized spacial score (nSPS) is 11.0. The van der Waals surface area contributed by atoms with E-state index in [0.29, 0.717) is 58.2 Å². The first-order valence-electron chi connectivity index (χ1n) is 41.7. The summed E-state index contributed by atoms with van der Waals surface area (Å²) in [5.41, 5.74) is 15.0. The van der Waals surface area contributed by atoms with Crippen LogP contribution in [0.3, 0.4) is 0 Å². The largest absolute Gasteiger partial charge is 0.496 e. The first kappa shape index (κ1) is 93.7. The average Bonchev–Trinajstić information content (AvgIpc) is 1.38. The second-order valence-corrected chi connectivity index (χ2v) is 30.2. The molecule has 0 fully saturated rings. The molecule has 6 aromatic carbocycles. The van der Waals surface area contributed by atoms with Gasteiger partial charge in [-0.05, 0) is 246 Å². The molecule has 18 rings (SSSR count). The molecule has 0 amide bonds. The summed E-state index contributed by atoms with van der Waals surface area (Å²) in [6.45, 7) is 16.8. The molecule has 0 unspecified atom stereocenters. The van der Waals surface area contributed by atoms with Gasteiger partial charge in [0.2, 0.25) is 34.9 Å². The van der Waals surface area contributed by atoms with Gasteiger partial charge < -0.3 is 41.3 Å². The molecule has 0 aliphatic heterocycles. The van der Waals surface area contributed by atoms with E-state index in [4.69, 9.17) is 41.3 Å². The van der Waals surface area contributed by atoms with Crippen LogP contribution in [0.25, 0.3) is 137 Å². The van der Waals surface area contributed by atoms with Gasteiger partial charge in [0.05, 0.1) is 32.5 Å². The van der Waals surface area contributed by atoms with Gasteiger partial charge in [-0.1, -0.05) is 112 Å². The highest BCUT2D eigenvalue weighted by molar-refractivity contribution is 5.68. The van der Waals surface area contributed by atoms with Crippen LogP contribution < -0.4 is 14.2 Å². The molecule has 27 nitrogen and oxygen atoms in total. The van der Waals surface area contributed by atoms with Crippen molar-refractivity contribution in [2.45, 2.75) is 120 Å². The van der Waals surface area contributed by atoms with E-state index in [-0.39, 0.29) is 39.9 Å². The van der Waals surface area contributed by atoms with Gasteiger partial charge in [-0.2, -0.15) is 56.2 Å². The number of rotatable bonds is 22. The number of ether oxygens (including phenoxy) is 3. The molecule has 0 N–H and O–H groups in total. The Labute approximate surface area is 755 Å². The van der Waals surface area contributed by atoms with Gasteiger partial charge in [0.1, 0.15) is 17.2 Å². The fourth-order valence-electron chi connectivity index (χ4n) is 13.3. The molecule has 0 bridgehead atoms. The van der Waals surface area contributed by atoms with Crippen molar-refractivity contribution in [3.05, 3.63) is 305 Å². The quantitative estimate of drug-likeness (QED) is 0.0449. The molecule has 0 radical (unpaired) electrons. The predicted octanol–water partition coefficient (Wildman–Crippen LogP) is 24.2. The van der Waals surface area contributed by atoms with E-state index in [1.165, 1.54) is 82.2 Å². The topological polar surface area (TPSA) is 339 Å². The number of benzene rings is 6. The number of hydrogen-bond acceptors (Lipinski definition) is 27. The fraction of sp³-hybridized carbons (Fsp3) is 0.212. The number of halogens is 6. The van der Waals surface area contributed by atoms with Crippen molar-refractivity contribution in [1.29, 1.82) is 0 Å². The Hall–Kier alpha value is -16.0. The highest BCUT2D eigenvalue weighted by Gasteiger charge is 2.35. The summed E-state index contributed by atoms with van der Waals surface area (Å²) >= 11 is 0. The Kier molecular flexibility index (Phi) is 31.3. The molecule has 12 aromatic heterocycles. The minimum atomic E-state index is -4.43. The van der Waals surface area contributed by atoms with Crippen molar-refractivity contribution in [3.63, 3.8) is 0 Å². The van der Waals surface area contributed by atoms with Crippen LogP contribution in [0, 0.1) is 55.4 Å². The molecule has 0 aliphatic rings. The molecule has 33 heteroatoms. The number of aromatic nitrogens is 18. The Morgan fingerprint density at radius 3 is 0.985 bits per heavy atom. The summed E-state index contributed by atoms with van der Waals surface area (Å²) in [5, 5.41) is 23.7. The van der Waals surface area contributed by atoms with Crippen LogP contribution in [-0.2, 0) is 18.8 Å². The Morgan fingerprint density at radius 2 is 0.606 bits per heavy atom. The third-order valence-electron chi connectivity index (χ3n) is 20.6. The zero-order chi connectivity index (χ0) is 93.3. The lowest BCUT2D eigenvalue weighted by Crippen LogP contribution is -2.07. The zero-order valence-electron chi connectivity index (χ0n) is 74.0. The summed E-state index contributed by atoms with van der Waals surface area (Å²) in [6.07, 6.45) is 20.5. The maximum atomic E-state index is 13.0. The smallest absolute Gasteiger partial charge is 0.416 e. The molecule has 12 heterocycles. The Bertz CT molecular complexity index is 6790. The van der Waals surface area contributed by atoms with Crippen molar-refractivity contribution in [3.8, 4) is 154 Å². The van der Waals surface area contributed by atoms with Crippen molar-refractivity contribution < 1.29 is 67.7 Å².